The van der Waals surface area contributed by atoms with Crippen LogP contribution >= 0.6 is 12.2 Å². The van der Waals surface area contributed by atoms with E-state index in [0.717, 1.165) is 38.6 Å². The van der Waals surface area contributed by atoms with Crippen LogP contribution in [0.1, 0.15) is 65.4 Å². The Balaban J connectivity index is 2.25. The molecule has 0 aromatic carbocycles. The second kappa shape index (κ2) is 11.3. The number of rotatable bonds is 11. The van der Waals surface area contributed by atoms with Gasteiger partial charge in [-0.05, 0) is 56.7 Å². The molecule has 0 radical (unpaired) electrons. The maximum Gasteiger partial charge on any atom is 0.309 e. The number of esters is 1. The minimum absolute atomic E-state index is 0.000325. The fourth-order valence-electron chi connectivity index (χ4n) is 2.95. The van der Waals surface area contributed by atoms with E-state index in [0.29, 0.717) is 28.8 Å². The Morgan fingerprint density at radius 3 is 2.46 bits per heavy atom. The van der Waals surface area contributed by atoms with Crippen LogP contribution in [0.25, 0.3) is 0 Å². The van der Waals surface area contributed by atoms with Crippen molar-refractivity contribution in [2.75, 3.05) is 6.61 Å². The molecule has 1 unspecified atom stereocenters. The molecular weight excluding hydrogens is 348 g/mol. The molecule has 0 bridgehead atoms. The zero-order valence-electron chi connectivity index (χ0n) is 16.8. The van der Waals surface area contributed by atoms with Crippen molar-refractivity contribution in [2.24, 2.45) is 17.8 Å². The maximum atomic E-state index is 12.2. The first-order valence-electron chi connectivity index (χ1n) is 9.69. The number of carbonyl (C=O) groups excluding carboxylic acids is 1. The van der Waals surface area contributed by atoms with Gasteiger partial charge < -0.3 is 9.30 Å². The molecule has 26 heavy (non-hydrogen) atoms. The number of nitrogens with zero attached hydrogens (tertiary/aromatic N) is 1. The number of nitrogens with one attached hydrogen (secondary N) is 1. The highest BCUT2D eigenvalue weighted by atomic mass is 32.1. The summed E-state index contributed by atoms with van der Waals surface area (Å²) in [4.78, 5) is 26.4. The zero-order valence-corrected chi connectivity index (χ0v) is 17.7. The van der Waals surface area contributed by atoms with Crippen molar-refractivity contribution >= 4 is 18.2 Å². The SMILES string of the molecule is Cc1cn(CCCCCCOC(=O)C(CC(C)C)C(C)C)c(=S)[nH]c1=O. The van der Waals surface area contributed by atoms with E-state index in [2.05, 4.69) is 32.7 Å². The van der Waals surface area contributed by atoms with Gasteiger partial charge in [0.15, 0.2) is 4.77 Å². The zero-order chi connectivity index (χ0) is 19.7. The molecule has 148 valence electrons. The minimum Gasteiger partial charge on any atom is -0.465 e. The van der Waals surface area contributed by atoms with E-state index in [4.69, 9.17) is 17.0 Å². The summed E-state index contributed by atoms with van der Waals surface area (Å²) in [5, 5.41) is 0. The van der Waals surface area contributed by atoms with Crippen LogP contribution in [0.15, 0.2) is 11.0 Å². The van der Waals surface area contributed by atoms with Gasteiger partial charge in [-0.3, -0.25) is 14.6 Å². The molecule has 0 aliphatic rings. The summed E-state index contributed by atoms with van der Waals surface area (Å²) < 4.78 is 7.86. The number of ether oxygens (including phenoxy) is 1. The van der Waals surface area contributed by atoms with Crippen molar-refractivity contribution in [1.82, 2.24) is 9.55 Å². The van der Waals surface area contributed by atoms with Gasteiger partial charge in [0.25, 0.3) is 5.56 Å². The fraction of sp³-hybridized carbons (Fsp3) is 0.750. The number of H-pyrrole nitrogens is 1. The van der Waals surface area contributed by atoms with Crippen molar-refractivity contribution < 1.29 is 9.53 Å². The van der Waals surface area contributed by atoms with Crippen molar-refractivity contribution in [3.05, 3.63) is 26.9 Å². The Labute approximate surface area is 162 Å². The van der Waals surface area contributed by atoms with Crippen molar-refractivity contribution in [2.45, 2.75) is 73.3 Å². The van der Waals surface area contributed by atoms with Crippen LogP contribution in [0.4, 0.5) is 0 Å². The number of aryl methyl sites for hydroxylation is 2. The Bertz CT molecular complexity index is 676. The number of hydrogen-bond donors (Lipinski definition) is 1. The van der Waals surface area contributed by atoms with Crippen LogP contribution in [0, 0.1) is 29.4 Å². The molecule has 1 aromatic heterocycles. The van der Waals surface area contributed by atoms with E-state index in [1.54, 1.807) is 6.92 Å². The fourth-order valence-corrected chi connectivity index (χ4v) is 3.19. The number of hydrogen-bond acceptors (Lipinski definition) is 4. The molecular formula is C20H34N2O3S. The molecule has 1 atom stereocenters. The lowest BCUT2D eigenvalue weighted by Crippen LogP contribution is -2.24. The molecule has 0 saturated carbocycles. The van der Waals surface area contributed by atoms with E-state index in [9.17, 15) is 9.59 Å². The largest absolute Gasteiger partial charge is 0.465 e. The molecule has 1 aromatic rings. The van der Waals surface area contributed by atoms with E-state index in [1.807, 2.05) is 10.8 Å². The number of aromatic amines is 1. The lowest BCUT2D eigenvalue weighted by Gasteiger charge is -2.21. The van der Waals surface area contributed by atoms with Crippen LogP contribution in [0.5, 0.6) is 0 Å². The third kappa shape index (κ3) is 7.85. The van der Waals surface area contributed by atoms with Crippen molar-refractivity contribution in [3.8, 4) is 0 Å². The predicted molar refractivity (Wildman–Crippen MR) is 108 cm³/mol. The van der Waals surface area contributed by atoms with Crippen LogP contribution in [0.3, 0.4) is 0 Å². The van der Waals surface area contributed by atoms with Gasteiger partial charge in [-0.25, -0.2) is 0 Å². The molecule has 1 heterocycles. The Hall–Kier alpha value is -1.43. The highest BCUT2D eigenvalue weighted by Crippen LogP contribution is 2.21. The van der Waals surface area contributed by atoms with Crippen LogP contribution in [-0.4, -0.2) is 22.1 Å². The van der Waals surface area contributed by atoms with Gasteiger partial charge in [-0.15, -0.1) is 0 Å². The monoisotopic (exact) mass is 382 g/mol. The summed E-state index contributed by atoms with van der Waals surface area (Å²) in [5.74, 6) is 0.762. The first-order valence-corrected chi connectivity index (χ1v) is 10.1. The lowest BCUT2D eigenvalue weighted by atomic mass is 9.88. The maximum absolute atomic E-state index is 12.2. The van der Waals surface area contributed by atoms with E-state index < -0.39 is 0 Å². The molecule has 0 aliphatic carbocycles. The highest BCUT2D eigenvalue weighted by Gasteiger charge is 2.24. The Morgan fingerprint density at radius 1 is 1.19 bits per heavy atom. The molecule has 1 rings (SSSR count). The van der Waals surface area contributed by atoms with Crippen molar-refractivity contribution in [1.29, 1.82) is 0 Å². The lowest BCUT2D eigenvalue weighted by molar-refractivity contribution is -0.151. The second-order valence-corrected chi connectivity index (χ2v) is 8.21. The standard InChI is InChI=1S/C20H34N2O3S/c1-14(2)12-17(15(3)4)19(24)25-11-9-7-6-8-10-22-13-16(5)18(23)21-20(22)26/h13-15,17H,6-12H2,1-5H3,(H,21,23,26). The summed E-state index contributed by atoms with van der Waals surface area (Å²) in [6.45, 7) is 11.5. The molecule has 6 heteroatoms. The summed E-state index contributed by atoms with van der Waals surface area (Å²) in [7, 11) is 0. The van der Waals surface area contributed by atoms with E-state index in [1.165, 1.54) is 0 Å². The number of aromatic nitrogens is 2. The van der Waals surface area contributed by atoms with Gasteiger partial charge in [0.2, 0.25) is 0 Å². The molecule has 1 N–H and O–H groups in total. The molecule has 5 nitrogen and oxygen atoms in total. The Morgan fingerprint density at radius 2 is 1.85 bits per heavy atom. The van der Waals surface area contributed by atoms with E-state index in [-0.39, 0.29) is 17.4 Å². The average molecular weight is 383 g/mol. The third-order valence-electron chi connectivity index (χ3n) is 4.56. The van der Waals surface area contributed by atoms with E-state index >= 15 is 0 Å². The second-order valence-electron chi connectivity index (χ2n) is 7.83. The van der Waals surface area contributed by atoms with Crippen LogP contribution in [-0.2, 0) is 16.1 Å². The molecule has 0 fully saturated rings. The smallest absolute Gasteiger partial charge is 0.309 e. The summed E-state index contributed by atoms with van der Waals surface area (Å²) in [6, 6.07) is 0. The molecule has 0 spiro atoms. The van der Waals surface area contributed by atoms with Gasteiger partial charge in [-0.1, -0.05) is 34.1 Å². The summed E-state index contributed by atoms with van der Waals surface area (Å²) in [6.07, 6.45) is 6.61. The topological polar surface area (TPSA) is 64.1 Å². The first-order chi connectivity index (χ1) is 12.2. The highest BCUT2D eigenvalue weighted by molar-refractivity contribution is 7.71. The quantitative estimate of drug-likeness (QED) is 0.344. The molecule has 0 saturated heterocycles. The van der Waals surface area contributed by atoms with Crippen LogP contribution < -0.4 is 5.56 Å². The Kier molecular flexibility index (Phi) is 9.84. The minimum atomic E-state index is -0.120. The molecule has 0 aliphatic heterocycles. The number of carbonyl (C=O) groups is 1. The first kappa shape index (κ1) is 22.6. The average Bonchev–Trinajstić information content (AvgIpc) is 2.55. The summed E-state index contributed by atoms with van der Waals surface area (Å²) >= 11 is 5.17. The third-order valence-corrected chi connectivity index (χ3v) is 4.90. The van der Waals surface area contributed by atoms with Gasteiger partial charge >= 0.3 is 5.97 Å². The summed E-state index contributed by atoms with van der Waals surface area (Å²) in [5.41, 5.74) is 0.553. The van der Waals surface area contributed by atoms with Gasteiger partial charge in [0.05, 0.1) is 12.5 Å². The predicted octanol–water partition coefficient (Wildman–Crippen LogP) is 4.64. The van der Waals surface area contributed by atoms with Gasteiger partial charge in [0, 0.05) is 18.3 Å². The normalized spacial score (nSPS) is 12.6. The van der Waals surface area contributed by atoms with Crippen molar-refractivity contribution in [3.63, 3.8) is 0 Å². The molecule has 0 amide bonds. The van der Waals surface area contributed by atoms with Gasteiger partial charge in [0.1, 0.15) is 0 Å². The number of unbranched alkanes of at least 4 members (excludes halogenated alkanes) is 3. The van der Waals surface area contributed by atoms with Crippen LogP contribution in [0.2, 0.25) is 0 Å². The van der Waals surface area contributed by atoms with Gasteiger partial charge in [-0.2, -0.15) is 0 Å².